The van der Waals surface area contributed by atoms with Gasteiger partial charge in [-0.3, -0.25) is 14.3 Å². The lowest BCUT2D eigenvalue weighted by Gasteiger charge is -2.14. The van der Waals surface area contributed by atoms with Gasteiger partial charge in [0.2, 0.25) is 5.91 Å². The van der Waals surface area contributed by atoms with Crippen molar-refractivity contribution in [1.82, 2.24) is 14.9 Å². The molecule has 2 aliphatic rings. The molecule has 2 N–H and O–H groups in total. The Kier molecular flexibility index (Phi) is 3.87. The number of aromatic amines is 1. The Hall–Kier alpha value is -3.29. The molecular formula is C18H18N4O4. The minimum Gasteiger partial charge on any atom is -0.442 e. The highest BCUT2D eigenvalue weighted by Gasteiger charge is 2.32. The highest BCUT2D eigenvalue weighted by atomic mass is 16.6. The van der Waals surface area contributed by atoms with Crippen LogP contribution < -0.4 is 15.9 Å². The quantitative estimate of drug-likeness (QED) is 0.862. The largest absolute Gasteiger partial charge is 0.442 e. The van der Waals surface area contributed by atoms with E-state index in [-0.39, 0.29) is 17.7 Å². The second kappa shape index (κ2) is 6.21. The summed E-state index contributed by atoms with van der Waals surface area (Å²) in [5, 5.41) is 2.66. The lowest BCUT2D eigenvalue weighted by Crippen LogP contribution is -2.33. The Morgan fingerprint density at radius 1 is 1.31 bits per heavy atom. The molecule has 1 aromatic carbocycles. The number of nitrogens with zero attached hydrogens (tertiary/aromatic N) is 2. The van der Waals surface area contributed by atoms with E-state index in [4.69, 9.17) is 4.74 Å². The van der Waals surface area contributed by atoms with Crippen LogP contribution >= 0.6 is 0 Å². The molecule has 2 aliphatic heterocycles. The lowest BCUT2D eigenvalue weighted by molar-refractivity contribution is -0.119. The lowest BCUT2D eigenvalue weighted by atomic mass is 10.1. The molecule has 8 heteroatoms. The van der Waals surface area contributed by atoms with Gasteiger partial charge < -0.3 is 15.0 Å². The van der Waals surface area contributed by atoms with Crippen LogP contribution in [-0.4, -0.2) is 40.7 Å². The van der Waals surface area contributed by atoms with Crippen LogP contribution in [0.2, 0.25) is 0 Å². The number of imidazole rings is 1. The first kappa shape index (κ1) is 16.2. The Balaban J connectivity index is 1.46. The van der Waals surface area contributed by atoms with Gasteiger partial charge in [-0.2, -0.15) is 0 Å². The van der Waals surface area contributed by atoms with Crippen molar-refractivity contribution in [3.8, 4) is 0 Å². The topological polar surface area (TPSA) is 96.4 Å². The SMILES string of the molecule is CC(=O)NC[C@H]1CN(c2ccc(C3=Cc4c[nH]c(=O)n4C3)cc2)C(=O)O1. The normalized spacial score (nSPS) is 18.5. The Bertz CT molecular complexity index is 954. The minimum atomic E-state index is -0.421. The molecule has 1 saturated heterocycles. The summed E-state index contributed by atoms with van der Waals surface area (Å²) in [6, 6.07) is 7.57. The number of anilines is 1. The van der Waals surface area contributed by atoms with Gasteiger partial charge in [-0.05, 0) is 29.3 Å². The van der Waals surface area contributed by atoms with E-state index < -0.39 is 6.09 Å². The van der Waals surface area contributed by atoms with Crippen molar-refractivity contribution in [1.29, 1.82) is 0 Å². The Morgan fingerprint density at radius 3 is 2.77 bits per heavy atom. The maximum absolute atomic E-state index is 12.1. The zero-order valence-electron chi connectivity index (χ0n) is 14.2. The summed E-state index contributed by atoms with van der Waals surface area (Å²) in [5.74, 6) is -0.155. The smallest absolute Gasteiger partial charge is 0.414 e. The van der Waals surface area contributed by atoms with Gasteiger partial charge in [-0.1, -0.05) is 12.1 Å². The first-order valence-corrected chi connectivity index (χ1v) is 8.33. The summed E-state index contributed by atoms with van der Waals surface area (Å²) >= 11 is 0. The second-order valence-electron chi connectivity index (χ2n) is 6.37. The molecule has 0 unspecified atom stereocenters. The van der Waals surface area contributed by atoms with Crippen LogP contribution in [-0.2, 0) is 16.1 Å². The van der Waals surface area contributed by atoms with Crippen LogP contribution in [0.4, 0.5) is 10.5 Å². The molecule has 2 amide bonds. The number of nitrogens with one attached hydrogen (secondary N) is 2. The number of hydrogen-bond acceptors (Lipinski definition) is 4. The van der Waals surface area contributed by atoms with Gasteiger partial charge in [-0.25, -0.2) is 9.59 Å². The number of carbonyl (C=O) groups excluding carboxylic acids is 2. The monoisotopic (exact) mass is 354 g/mol. The van der Waals surface area contributed by atoms with Crippen molar-refractivity contribution >= 4 is 29.3 Å². The van der Waals surface area contributed by atoms with E-state index in [1.165, 1.54) is 6.92 Å². The van der Waals surface area contributed by atoms with Crippen molar-refractivity contribution in [2.24, 2.45) is 0 Å². The molecule has 0 spiro atoms. The fourth-order valence-electron chi connectivity index (χ4n) is 3.21. The molecule has 0 bridgehead atoms. The number of cyclic esters (lactones) is 1. The van der Waals surface area contributed by atoms with Crippen molar-refractivity contribution < 1.29 is 14.3 Å². The fourth-order valence-corrected chi connectivity index (χ4v) is 3.21. The number of rotatable bonds is 4. The summed E-state index contributed by atoms with van der Waals surface area (Å²) in [6.07, 6.45) is 2.89. The zero-order chi connectivity index (χ0) is 18.3. The van der Waals surface area contributed by atoms with E-state index in [0.717, 1.165) is 22.5 Å². The molecule has 0 aliphatic carbocycles. The number of aromatic nitrogens is 2. The Labute approximate surface area is 149 Å². The fraction of sp³-hybridized carbons (Fsp3) is 0.278. The summed E-state index contributed by atoms with van der Waals surface area (Å²) in [6.45, 7) is 2.65. The number of fused-ring (bicyclic) bond motifs is 1. The first-order valence-electron chi connectivity index (χ1n) is 8.33. The van der Waals surface area contributed by atoms with Crippen molar-refractivity contribution in [2.75, 3.05) is 18.0 Å². The highest BCUT2D eigenvalue weighted by Crippen LogP contribution is 2.28. The third kappa shape index (κ3) is 2.90. The van der Waals surface area contributed by atoms with E-state index in [1.807, 2.05) is 30.3 Å². The summed E-state index contributed by atoms with van der Waals surface area (Å²) in [7, 11) is 0. The van der Waals surface area contributed by atoms with Crippen LogP contribution in [0, 0.1) is 0 Å². The van der Waals surface area contributed by atoms with E-state index >= 15 is 0 Å². The van der Waals surface area contributed by atoms with Gasteiger partial charge in [0.15, 0.2) is 0 Å². The highest BCUT2D eigenvalue weighted by molar-refractivity contribution is 5.90. The van der Waals surface area contributed by atoms with Crippen molar-refractivity contribution in [3.05, 3.63) is 52.2 Å². The van der Waals surface area contributed by atoms with Gasteiger partial charge in [0, 0.05) is 18.8 Å². The third-order valence-corrected chi connectivity index (χ3v) is 4.55. The summed E-state index contributed by atoms with van der Waals surface area (Å²) < 4.78 is 6.95. The number of hydrogen-bond donors (Lipinski definition) is 2. The molecule has 0 saturated carbocycles. The van der Waals surface area contributed by atoms with Crippen molar-refractivity contribution in [2.45, 2.75) is 19.6 Å². The van der Waals surface area contributed by atoms with E-state index in [0.29, 0.717) is 19.6 Å². The van der Waals surface area contributed by atoms with Gasteiger partial charge >= 0.3 is 11.8 Å². The van der Waals surface area contributed by atoms with Crippen LogP contribution in [0.3, 0.4) is 0 Å². The zero-order valence-corrected chi connectivity index (χ0v) is 14.2. The predicted octanol–water partition coefficient (Wildman–Crippen LogP) is 1.19. The average molecular weight is 354 g/mol. The van der Waals surface area contributed by atoms with Gasteiger partial charge in [0.05, 0.1) is 25.3 Å². The Morgan fingerprint density at radius 2 is 2.08 bits per heavy atom. The van der Waals surface area contributed by atoms with Crippen LogP contribution in [0.15, 0.2) is 35.3 Å². The number of carbonyl (C=O) groups is 2. The number of amides is 2. The third-order valence-electron chi connectivity index (χ3n) is 4.55. The van der Waals surface area contributed by atoms with E-state index in [2.05, 4.69) is 10.3 Å². The number of ether oxygens (including phenoxy) is 1. The molecule has 134 valence electrons. The molecule has 1 fully saturated rings. The van der Waals surface area contributed by atoms with Gasteiger partial charge in [0.25, 0.3) is 0 Å². The molecule has 1 aromatic heterocycles. The molecule has 0 radical (unpaired) electrons. The second-order valence-corrected chi connectivity index (χ2v) is 6.37. The maximum Gasteiger partial charge on any atom is 0.414 e. The molecule has 3 heterocycles. The van der Waals surface area contributed by atoms with Gasteiger partial charge in [0.1, 0.15) is 6.10 Å². The molecule has 8 nitrogen and oxygen atoms in total. The van der Waals surface area contributed by atoms with E-state index in [1.54, 1.807) is 15.7 Å². The molecule has 1 atom stereocenters. The summed E-state index contributed by atoms with van der Waals surface area (Å²) in [5.41, 5.74) is 3.52. The number of H-pyrrole nitrogens is 1. The molecular weight excluding hydrogens is 336 g/mol. The van der Waals surface area contributed by atoms with Crippen molar-refractivity contribution in [3.63, 3.8) is 0 Å². The van der Waals surface area contributed by atoms with Crippen LogP contribution in [0.1, 0.15) is 18.2 Å². The number of allylic oxidation sites excluding steroid dienone is 1. The van der Waals surface area contributed by atoms with Crippen LogP contribution in [0.25, 0.3) is 11.6 Å². The molecule has 2 aromatic rings. The standard InChI is InChI=1S/C18H18N4O4/c1-11(23)19-8-16-10-22(18(25)26-16)14-4-2-12(3-5-14)13-6-15-7-20-17(24)21(15)9-13/h2-7,16H,8-10H2,1H3,(H,19,23)(H,20,24)/t16-/m0/s1. The minimum absolute atomic E-state index is 0.118. The average Bonchev–Trinajstić information content (AvgIpc) is 3.29. The van der Waals surface area contributed by atoms with Gasteiger partial charge in [-0.15, -0.1) is 0 Å². The molecule has 26 heavy (non-hydrogen) atoms. The van der Waals surface area contributed by atoms with Crippen LogP contribution in [0.5, 0.6) is 0 Å². The van der Waals surface area contributed by atoms with E-state index in [9.17, 15) is 14.4 Å². The first-order chi connectivity index (χ1) is 12.5. The predicted molar refractivity (Wildman–Crippen MR) is 95.7 cm³/mol. The number of benzene rings is 1. The molecule has 4 rings (SSSR count). The maximum atomic E-state index is 12.1. The summed E-state index contributed by atoms with van der Waals surface area (Å²) in [4.78, 5) is 38.9.